The summed E-state index contributed by atoms with van der Waals surface area (Å²) in [6, 6.07) is 11.1. The van der Waals surface area contributed by atoms with Crippen molar-refractivity contribution >= 4 is 17.2 Å². The molecule has 0 aliphatic rings. The highest BCUT2D eigenvalue weighted by Gasteiger charge is 2.06. The smallest absolute Gasteiger partial charge is 0.214 e. The molecule has 6 nitrogen and oxygen atoms in total. The Morgan fingerprint density at radius 3 is 2.55 bits per heavy atom. The number of ether oxygens (including phenoxy) is 1. The third-order valence-corrected chi connectivity index (χ3v) is 2.97. The Labute approximate surface area is 117 Å². The van der Waals surface area contributed by atoms with Crippen LogP contribution in [0.1, 0.15) is 5.56 Å². The molecular formula is C14H16N4O2. The average Bonchev–Trinajstić information content (AvgIpc) is 2.53. The first kappa shape index (κ1) is 13.7. The molecule has 0 unspecified atom stereocenters. The maximum absolute atomic E-state index is 8.63. The van der Waals surface area contributed by atoms with Crippen LogP contribution in [0.15, 0.2) is 47.8 Å². The van der Waals surface area contributed by atoms with Gasteiger partial charge in [-0.05, 0) is 30.3 Å². The van der Waals surface area contributed by atoms with E-state index in [0.29, 0.717) is 11.4 Å². The number of rotatable bonds is 4. The summed E-state index contributed by atoms with van der Waals surface area (Å²) >= 11 is 0. The molecule has 0 aliphatic carbocycles. The maximum atomic E-state index is 8.63. The third-order valence-electron chi connectivity index (χ3n) is 2.97. The van der Waals surface area contributed by atoms with Crippen LogP contribution in [0.5, 0.6) is 5.88 Å². The molecular weight excluding hydrogens is 256 g/mol. The molecule has 0 saturated carbocycles. The van der Waals surface area contributed by atoms with Crippen molar-refractivity contribution in [2.75, 3.05) is 19.1 Å². The maximum Gasteiger partial charge on any atom is 0.214 e. The van der Waals surface area contributed by atoms with E-state index in [4.69, 9.17) is 15.7 Å². The molecule has 0 atom stereocenters. The number of amidine groups is 1. The number of aromatic nitrogens is 1. The molecule has 0 amide bonds. The molecule has 0 saturated heterocycles. The molecule has 104 valence electrons. The van der Waals surface area contributed by atoms with E-state index in [-0.39, 0.29) is 5.84 Å². The molecule has 3 N–H and O–H groups in total. The number of hydrogen-bond acceptors (Lipinski definition) is 5. The molecule has 1 aromatic carbocycles. The molecule has 6 heteroatoms. The second kappa shape index (κ2) is 5.92. The number of benzene rings is 1. The first-order valence-electron chi connectivity index (χ1n) is 5.97. The lowest BCUT2D eigenvalue weighted by Crippen LogP contribution is -2.14. The highest BCUT2D eigenvalue weighted by Crippen LogP contribution is 2.25. The fraction of sp³-hybridized carbons (Fsp3) is 0.143. The second-order valence-corrected chi connectivity index (χ2v) is 4.15. The molecule has 0 spiro atoms. The zero-order valence-electron chi connectivity index (χ0n) is 11.3. The van der Waals surface area contributed by atoms with Crippen molar-refractivity contribution < 1.29 is 9.94 Å². The van der Waals surface area contributed by atoms with Crippen molar-refractivity contribution in [3.05, 3.63) is 48.2 Å². The van der Waals surface area contributed by atoms with Gasteiger partial charge in [0.2, 0.25) is 5.88 Å². The van der Waals surface area contributed by atoms with Crippen molar-refractivity contribution in [1.82, 2.24) is 4.98 Å². The molecule has 1 heterocycles. The average molecular weight is 272 g/mol. The normalized spacial score (nSPS) is 11.2. The van der Waals surface area contributed by atoms with Gasteiger partial charge in [0.15, 0.2) is 5.84 Å². The van der Waals surface area contributed by atoms with Crippen molar-refractivity contribution in [2.24, 2.45) is 10.9 Å². The number of nitrogens with two attached hydrogens (primary N) is 1. The summed E-state index contributed by atoms with van der Waals surface area (Å²) in [4.78, 5) is 6.06. The van der Waals surface area contributed by atoms with Crippen LogP contribution in [0, 0.1) is 0 Å². The fourth-order valence-electron chi connectivity index (χ4n) is 1.78. The Bertz CT molecular complexity index is 611. The Morgan fingerprint density at radius 2 is 1.95 bits per heavy atom. The van der Waals surface area contributed by atoms with Crippen LogP contribution in [0.2, 0.25) is 0 Å². The van der Waals surface area contributed by atoms with Crippen LogP contribution in [0.4, 0.5) is 11.4 Å². The summed E-state index contributed by atoms with van der Waals surface area (Å²) in [5, 5.41) is 11.6. The predicted octanol–water partition coefficient (Wildman–Crippen LogP) is 1.95. The Balaban J connectivity index is 2.26. The van der Waals surface area contributed by atoms with Crippen LogP contribution in [0.25, 0.3) is 0 Å². The zero-order valence-corrected chi connectivity index (χ0v) is 11.3. The van der Waals surface area contributed by atoms with E-state index in [1.165, 1.54) is 0 Å². The number of nitrogens with zero attached hydrogens (tertiary/aromatic N) is 3. The summed E-state index contributed by atoms with van der Waals surface area (Å²) in [6.07, 6.45) is 1.69. The summed E-state index contributed by atoms with van der Waals surface area (Å²) in [5.74, 6) is 0.646. The first-order chi connectivity index (χ1) is 9.65. The summed E-state index contributed by atoms with van der Waals surface area (Å²) in [6.45, 7) is 0. The minimum atomic E-state index is 0.0878. The lowest BCUT2D eigenvalue weighted by atomic mass is 10.2. The standard InChI is InChI=1S/C14H16N4O2/c1-18(12-7-8-16-13(9-12)20-2)11-5-3-10(4-6-11)14(15)17-19/h3-9,19H,1-2H3,(H2,15,17). The van der Waals surface area contributed by atoms with Gasteiger partial charge in [-0.3, -0.25) is 0 Å². The Hall–Kier alpha value is -2.76. The third kappa shape index (κ3) is 2.80. The van der Waals surface area contributed by atoms with Gasteiger partial charge in [-0.25, -0.2) is 4.98 Å². The van der Waals surface area contributed by atoms with Gasteiger partial charge in [0, 0.05) is 36.2 Å². The number of pyridine rings is 1. The molecule has 0 radical (unpaired) electrons. The SMILES string of the molecule is COc1cc(N(C)c2ccc(/C(N)=N/O)cc2)ccn1. The Morgan fingerprint density at radius 1 is 1.25 bits per heavy atom. The van der Waals surface area contributed by atoms with Crippen molar-refractivity contribution in [1.29, 1.82) is 0 Å². The number of anilines is 2. The van der Waals surface area contributed by atoms with Gasteiger partial charge >= 0.3 is 0 Å². The van der Waals surface area contributed by atoms with Gasteiger partial charge in [-0.15, -0.1) is 0 Å². The topological polar surface area (TPSA) is 84.0 Å². The lowest BCUT2D eigenvalue weighted by Gasteiger charge is -2.20. The van der Waals surface area contributed by atoms with E-state index < -0.39 is 0 Å². The largest absolute Gasteiger partial charge is 0.481 e. The summed E-state index contributed by atoms with van der Waals surface area (Å²) < 4.78 is 5.11. The highest BCUT2D eigenvalue weighted by atomic mass is 16.5. The molecule has 0 aliphatic heterocycles. The predicted molar refractivity (Wildman–Crippen MR) is 77.8 cm³/mol. The monoisotopic (exact) mass is 272 g/mol. The quantitative estimate of drug-likeness (QED) is 0.384. The van der Waals surface area contributed by atoms with Gasteiger partial charge in [0.1, 0.15) is 0 Å². The molecule has 1 aromatic heterocycles. The van der Waals surface area contributed by atoms with E-state index in [9.17, 15) is 0 Å². The molecule has 0 fully saturated rings. The highest BCUT2D eigenvalue weighted by molar-refractivity contribution is 5.97. The summed E-state index contributed by atoms with van der Waals surface area (Å²) in [5.41, 5.74) is 8.11. The van der Waals surface area contributed by atoms with Crippen molar-refractivity contribution in [3.63, 3.8) is 0 Å². The van der Waals surface area contributed by atoms with Crippen LogP contribution in [-0.2, 0) is 0 Å². The zero-order chi connectivity index (χ0) is 14.5. The van der Waals surface area contributed by atoms with Gasteiger partial charge in [0.25, 0.3) is 0 Å². The van der Waals surface area contributed by atoms with Crippen molar-refractivity contribution in [3.8, 4) is 5.88 Å². The van der Waals surface area contributed by atoms with E-state index in [1.807, 2.05) is 36.2 Å². The molecule has 0 bridgehead atoms. The van der Waals surface area contributed by atoms with Gasteiger partial charge in [0.05, 0.1) is 7.11 Å². The minimum Gasteiger partial charge on any atom is -0.481 e. The summed E-state index contributed by atoms with van der Waals surface area (Å²) in [7, 11) is 3.52. The number of oxime groups is 1. The second-order valence-electron chi connectivity index (χ2n) is 4.15. The van der Waals surface area contributed by atoms with Crippen LogP contribution in [0.3, 0.4) is 0 Å². The number of hydrogen-bond donors (Lipinski definition) is 2. The molecule has 20 heavy (non-hydrogen) atoms. The Kier molecular flexibility index (Phi) is 4.05. The van der Waals surface area contributed by atoms with Crippen LogP contribution >= 0.6 is 0 Å². The first-order valence-corrected chi connectivity index (χ1v) is 5.97. The van der Waals surface area contributed by atoms with Gasteiger partial charge in [-0.1, -0.05) is 5.16 Å². The van der Waals surface area contributed by atoms with E-state index in [2.05, 4.69) is 10.1 Å². The number of methoxy groups -OCH3 is 1. The van der Waals surface area contributed by atoms with Gasteiger partial charge in [-0.2, -0.15) is 0 Å². The molecule has 2 rings (SSSR count). The van der Waals surface area contributed by atoms with Gasteiger partial charge < -0.3 is 20.6 Å². The van der Waals surface area contributed by atoms with E-state index in [1.54, 1.807) is 25.4 Å². The minimum absolute atomic E-state index is 0.0878. The van der Waals surface area contributed by atoms with Crippen LogP contribution < -0.4 is 15.4 Å². The molecule has 2 aromatic rings. The van der Waals surface area contributed by atoms with Crippen molar-refractivity contribution in [2.45, 2.75) is 0 Å². The lowest BCUT2D eigenvalue weighted by molar-refractivity contribution is 0.318. The fourth-order valence-corrected chi connectivity index (χ4v) is 1.78. The van der Waals surface area contributed by atoms with E-state index in [0.717, 1.165) is 11.4 Å². The van der Waals surface area contributed by atoms with Crippen LogP contribution in [-0.4, -0.2) is 30.2 Å². The van der Waals surface area contributed by atoms with E-state index >= 15 is 0 Å².